The van der Waals surface area contributed by atoms with Gasteiger partial charge in [-0.3, -0.25) is 14.5 Å². The lowest BCUT2D eigenvalue weighted by atomic mass is 10.0. The molecule has 0 bridgehead atoms. The van der Waals surface area contributed by atoms with Crippen molar-refractivity contribution in [2.45, 2.75) is 233 Å². The van der Waals surface area contributed by atoms with Gasteiger partial charge in [-0.2, -0.15) is 0 Å². The Morgan fingerprint density at radius 2 is 0.778 bits per heavy atom. The third kappa shape index (κ3) is 31.0. The summed E-state index contributed by atoms with van der Waals surface area (Å²) in [5.74, 6) is -0.135. The summed E-state index contributed by atoms with van der Waals surface area (Å²) in [6.07, 6.45) is 35.1. The van der Waals surface area contributed by atoms with Crippen LogP contribution in [0.1, 0.15) is 220 Å². The van der Waals surface area contributed by atoms with E-state index < -0.39 is 0 Å². The molecule has 0 aromatic carbocycles. The molecule has 1 fully saturated rings. The van der Waals surface area contributed by atoms with Gasteiger partial charge in [0, 0.05) is 52.4 Å². The standard InChI is InChI=1S/C47H93N3O4/c1-6-10-14-18-22-26-30-44(31-27-23-19-15-11-7-2)53-46(51)34-36-49(42-43-50-40-38-48(5)39-41-50)37-35-47(52)54-45(32-28-24-20-16-12-8-3)33-29-25-21-17-13-9-4/h44-45H,6-43H2,1-5H3. The molecule has 54 heavy (non-hydrogen) atoms. The predicted octanol–water partition coefficient (Wildman–Crippen LogP) is 12.1. The Morgan fingerprint density at radius 3 is 1.11 bits per heavy atom. The van der Waals surface area contributed by atoms with Crippen molar-refractivity contribution in [2.75, 3.05) is 59.4 Å². The molecule has 0 atom stereocenters. The molecule has 0 radical (unpaired) electrons. The second-order valence-electron chi connectivity index (χ2n) is 16.9. The molecule has 0 saturated carbocycles. The minimum Gasteiger partial charge on any atom is -0.462 e. The lowest BCUT2D eigenvalue weighted by molar-refractivity contribution is -0.150. The Kier molecular flexibility index (Phi) is 35.2. The van der Waals surface area contributed by atoms with Crippen LogP contribution in [-0.2, 0) is 19.1 Å². The van der Waals surface area contributed by atoms with Crippen LogP contribution in [-0.4, -0.2) is 98.3 Å². The molecule has 1 aliphatic heterocycles. The molecule has 0 unspecified atom stereocenters. The fourth-order valence-electron chi connectivity index (χ4n) is 7.81. The maximum absolute atomic E-state index is 13.3. The lowest BCUT2D eigenvalue weighted by Crippen LogP contribution is -2.47. The highest BCUT2D eigenvalue weighted by molar-refractivity contribution is 5.70. The zero-order valence-corrected chi connectivity index (χ0v) is 37.0. The molecule has 7 nitrogen and oxygen atoms in total. The summed E-state index contributed by atoms with van der Waals surface area (Å²) in [4.78, 5) is 33.9. The van der Waals surface area contributed by atoms with E-state index in [0.29, 0.717) is 25.9 Å². The lowest BCUT2D eigenvalue weighted by Gasteiger charge is -2.34. The maximum Gasteiger partial charge on any atom is 0.307 e. The number of nitrogens with zero attached hydrogens (tertiary/aromatic N) is 3. The van der Waals surface area contributed by atoms with Crippen LogP contribution in [0.15, 0.2) is 0 Å². The number of carbonyl (C=O) groups excluding carboxylic acids is 2. The highest BCUT2D eigenvalue weighted by Gasteiger charge is 2.20. The van der Waals surface area contributed by atoms with E-state index in [2.05, 4.69) is 49.4 Å². The van der Waals surface area contributed by atoms with Gasteiger partial charge in [0.05, 0.1) is 12.8 Å². The van der Waals surface area contributed by atoms with E-state index >= 15 is 0 Å². The summed E-state index contributed by atoms with van der Waals surface area (Å²) >= 11 is 0. The average molecular weight is 764 g/mol. The van der Waals surface area contributed by atoms with Gasteiger partial charge in [-0.1, -0.05) is 156 Å². The summed E-state index contributed by atoms with van der Waals surface area (Å²) in [7, 11) is 2.19. The maximum atomic E-state index is 13.3. The fraction of sp³-hybridized carbons (Fsp3) is 0.957. The van der Waals surface area contributed by atoms with E-state index in [0.717, 1.165) is 90.6 Å². The van der Waals surface area contributed by atoms with Crippen molar-refractivity contribution < 1.29 is 19.1 Å². The molecule has 1 aliphatic rings. The van der Waals surface area contributed by atoms with Crippen LogP contribution in [0.25, 0.3) is 0 Å². The van der Waals surface area contributed by atoms with Gasteiger partial charge in [0.2, 0.25) is 0 Å². The van der Waals surface area contributed by atoms with Crippen molar-refractivity contribution in [3.8, 4) is 0 Å². The highest BCUT2D eigenvalue weighted by Crippen LogP contribution is 2.19. The number of unbranched alkanes of at least 4 members (excludes halogenated alkanes) is 20. The molecular formula is C47H93N3O4. The molecular weight excluding hydrogens is 671 g/mol. The predicted molar refractivity (Wildman–Crippen MR) is 231 cm³/mol. The molecule has 0 N–H and O–H groups in total. The number of carbonyl (C=O) groups is 2. The summed E-state index contributed by atoms with van der Waals surface area (Å²) in [5, 5.41) is 0. The van der Waals surface area contributed by atoms with Crippen LogP contribution in [0, 0.1) is 0 Å². The van der Waals surface area contributed by atoms with Crippen LogP contribution in [0.3, 0.4) is 0 Å². The molecule has 1 rings (SSSR count). The normalized spacial score (nSPS) is 14.1. The number of rotatable bonds is 39. The Hall–Kier alpha value is -1.18. The van der Waals surface area contributed by atoms with Crippen molar-refractivity contribution in [2.24, 2.45) is 0 Å². The monoisotopic (exact) mass is 764 g/mol. The van der Waals surface area contributed by atoms with Gasteiger partial charge in [-0.15, -0.1) is 0 Å². The first-order valence-electron chi connectivity index (χ1n) is 23.9. The Balaban J connectivity index is 2.74. The van der Waals surface area contributed by atoms with Crippen LogP contribution in [0.2, 0.25) is 0 Å². The van der Waals surface area contributed by atoms with Gasteiger partial charge in [-0.05, 0) is 58.4 Å². The number of hydrogen-bond acceptors (Lipinski definition) is 7. The van der Waals surface area contributed by atoms with Crippen molar-refractivity contribution in [1.82, 2.24) is 14.7 Å². The van der Waals surface area contributed by atoms with Crippen LogP contribution in [0.4, 0.5) is 0 Å². The summed E-state index contributed by atoms with van der Waals surface area (Å²) in [6, 6.07) is 0. The molecule has 0 aliphatic carbocycles. The number of piperazine rings is 1. The first-order chi connectivity index (χ1) is 26.4. The minimum atomic E-state index is -0.0675. The third-order valence-corrected chi connectivity index (χ3v) is 11.7. The summed E-state index contributed by atoms with van der Waals surface area (Å²) < 4.78 is 12.4. The molecule has 1 saturated heterocycles. The number of ether oxygens (including phenoxy) is 2. The van der Waals surface area contributed by atoms with Crippen molar-refractivity contribution >= 4 is 11.9 Å². The van der Waals surface area contributed by atoms with Gasteiger partial charge in [0.1, 0.15) is 12.2 Å². The smallest absolute Gasteiger partial charge is 0.307 e. The third-order valence-electron chi connectivity index (χ3n) is 11.7. The topological polar surface area (TPSA) is 62.3 Å². The Labute approximate surface area is 336 Å². The van der Waals surface area contributed by atoms with Crippen LogP contribution >= 0.6 is 0 Å². The number of esters is 2. The quantitative estimate of drug-likeness (QED) is 0.0456. The van der Waals surface area contributed by atoms with Gasteiger partial charge in [0.15, 0.2) is 0 Å². The number of hydrogen-bond donors (Lipinski definition) is 0. The zero-order chi connectivity index (χ0) is 39.3. The number of likely N-dealkylation sites (N-methyl/N-ethyl adjacent to an activating group) is 1. The first-order valence-corrected chi connectivity index (χ1v) is 23.9. The fourth-order valence-corrected chi connectivity index (χ4v) is 7.81. The Morgan fingerprint density at radius 1 is 0.463 bits per heavy atom. The second kappa shape index (κ2) is 37.4. The van der Waals surface area contributed by atoms with Crippen molar-refractivity contribution in [3.05, 3.63) is 0 Å². The van der Waals surface area contributed by atoms with E-state index in [1.54, 1.807) is 0 Å². The van der Waals surface area contributed by atoms with Gasteiger partial charge in [0.25, 0.3) is 0 Å². The van der Waals surface area contributed by atoms with Gasteiger partial charge < -0.3 is 19.3 Å². The largest absolute Gasteiger partial charge is 0.462 e. The van der Waals surface area contributed by atoms with Crippen molar-refractivity contribution in [1.29, 1.82) is 0 Å². The van der Waals surface area contributed by atoms with Crippen molar-refractivity contribution in [3.63, 3.8) is 0 Å². The second-order valence-corrected chi connectivity index (χ2v) is 16.9. The van der Waals surface area contributed by atoms with E-state index in [-0.39, 0.29) is 24.1 Å². The van der Waals surface area contributed by atoms with E-state index in [4.69, 9.17) is 9.47 Å². The van der Waals surface area contributed by atoms with Crippen LogP contribution < -0.4 is 0 Å². The molecule has 1 heterocycles. The molecule has 0 spiro atoms. The molecule has 0 aromatic heterocycles. The summed E-state index contributed by atoms with van der Waals surface area (Å²) in [6.45, 7) is 16.5. The molecule has 320 valence electrons. The SMILES string of the molecule is CCCCCCCCC(CCCCCCCC)OC(=O)CCN(CCC(=O)OC(CCCCCCCC)CCCCCCCC)CCN1CCN(C)CC1. The molecule has 0 amide bonds. The molecule has 7 heteroatoms. The van der Waals surface area contributed by atoms with Gasteiger partial charge >= 0.3 is 11.9 Å². The minimum absolute atomic E-state index is 0.0406. The van der Waals surface area contributed by atoms with E-state index in [1.807, 2.05) is 0 Å². The Bertz CT molecular complexity index is 748. The van der Waals surface area contributed by atoms with Gasteiger partial charge in [-0.25, -0.2) is 0 Å². The average Bonchev–Trinajstić information content (AvgIpc) is 3.17. The van der Waals surface area contributed by atoms with Crippen LogP contribution in [0.5, 0.6) is 0 Å². The highest BCUT2D eigenvalue weighted by atomic mass is 16.5. The van der Waals surface area contributed by atoms with E-state index in [1.165, 1.54) is 128 Å². The summed E-state index contributed by atoms with van der Waals surface area (Å²) in [5.41, 5.74) is 0. The zero-order valence-electron chi connectivity index (χ0n) is 37.0. The molecule has 0 aromatic rings. The van der Waals surface area contributed by atoms with E-state index in [9.17, 15) is 9.59 Å². The first kappa shape index (κ1) is 50.8.